The van der Waals surface area contributed by atoms with E-state index in [9.17, 15) is 25.0 Å². The normalized spacial score (nSPS) is 9.88. The zero-order valence-electron chi connectivity index (χ0n) is 13.3. The van der Waals surface area contributed by atoms with Gasteiger partial charge >= 0.3 is 0 Å². The van der Waals surface area contributed by atoms with Crippen LogP contribution in [0, 0.1) is 20.2 Å². The van der Waals surface area contributed by atoms with Crippen molar-refractivity contribution < 1.29 is 19.4 Å². The van der Waals surface area contributed by atoms with Gasteiger partial charge in [-0.2, -0.15) is 0 Å². The van der Waals surface area contributed by atoms with Crippen LogP contribution in [0.1, 0.15) is 10.4 Å². The highest BCUT2D eigenvalue weighted by atomic mass is 32.1. The lowest BCUT2D eigenvalue weighted by Crippen LogP contribution is -2.34. The Morgan fingerprint density at radius 3 is 2.19 bits per heavy atom. The summed E-state index contributed by atoms with van der Waals surface area (Å²) in [6.45, 7) is 0. The Labute approximate surface area is 152 Å². The molecule has 0 spiro atoms. The topological polar surface area (TPSA) is 137 Å². The molecule has 0 saturated heterocycles. The summed E-state index contributed by atoms with van der Waals surface area (Å²) in [5, 5.41) is 26.7. The van der Waals surface area contributed by atoms with Gasteiger partial charge in [-0.25, -0.2) is 0 Å². The van der Waals surface area contributed by atoms with E-state index in [4.69, 9.17) is 17.0 Å². The molecule has 2 rings (SSSR count). The lowest BCUT2D eigenvalue weighted by Gasteiger charge is -2.12. The first-order valence-electron chi connectivity index (χ1n) is 7.01. The number of amides is 1. The number of hydrogen-bond acceptors (Lipinski definition) is 7. The fraction of sp³-hybridized carbons (Fsp3) is 0.0667. The molecule has 0 fully saturated rings. The molecule has 2 aromatic carbocycles. The van der Waals surface area contributed by atoms with Crippen molar-refractivity contribution in [2.24, 2.45) is 0 Å². The third kappa shape index (κ3) is 4.48. The number of hydrogen-bond donors (Lipinski definition) is 2. The second-order valence-electron chi connectivity index (χ2n) is 4.86. The van der Waals surface area contributed by atoms with Gasteiger partial charge in [0, 0.05) is 12.1 Å². The average molecular weight is 376 g/mol. The number of nitrogens with one attached hydrogen (secondary N) is 2. The number of nitrogens with zero attached hydrogens (tertiary/aromatic N) is 2. The molecule has 1 amide bonds. The number of anilines is 1. The van der Waals surface area contributed by atoms with E-state index in [1.807, 2.05) is 0 Å². The Kier molecular flexibility index (Phi) is 5.75. The molecule has 0 aliphatic carbocycles. The van der Waals surface area contributed by atoms with E-state index < -0.39 is 27.1 Å². The molecule has 0 bridgehead atoms. The molecule has 0 heterocycles. The van der Waals surface area contributed by atoms with Crippen molar-refractivity contribution in [3.8, 4) is 5.75 Å². The van der Waals surface area contributed by atoms with E-state index in [2.05, 4.69) is 10.6 Å². The predicted octanol–water partition coefficient (Wildman–Crippen LogP) is 2.64. The fourth-order valence-corrected chi connectivity index (χ4v) is 2.22. The van der Waals surface area contributed by atoms with Crippen LogP contribution in [0.25, 0.3) is 0 Å². The number of nitro benzene ring substituents is 2. The summed E-state index contributed by atoms with van der Waals surface area (Å²) < 4.78 is 5.14. The molecule has 0 aromatic heterocycles. The molecule has 0 radical (unpaired) electrons. The van der Waals surface area contributed by atoms with Crippen molar-refractivity contribution in [2.45, 2.75) is 0 Å². The third-order valence-corrected chi connectivity index (χ3v) is 3.37. The number of ether oxygens (including phenoxy) is 1. The van der Waals surface area contributed by atoms with Crippen molar-refractivity contribution in [2.75, 3.05) is 12.4 Å². The Morgan fingerprint density at radius 1 is 1.08 bits per heavy atom. The van der Waals surface area contributed by atoms with Gasteiger partial charge in [0.2, 0.25) is 0 Å². The van der Waals surface area contributed by atoms with Gasteiger partial charge < -0.3 is 10.1 Å². The van der Waals surface area contributed by atoms with Gasteiger partial charge in [0.1, 0.15) is 5.75 Å². The molecule has 0 atom stereocenters. The van der Waals surface area contributed by atoms with Crippen LogP contribution in [0.15, 0.2) is 42.5 Å². The first-order valence-corrected chi connectivity index (χ1v) is 7.42. The Bertz CT molecular complexity index is 869. The molecule has 0 aliphatic heterocycles. The van der Waals surface area contributed by atoms with Crippen molar-refractivity contribution >= 4 is 40.3 Å². The van der Waals surface area contributed by atoms with Crippen LogP contribution in [0.4, 0.5) is 17.1 Å². The van der Waals surface area contributed by atoms with Crippen LogP contribution in [0.2, 0.25) is 0 Å². The highest BCUT2D eigenvalue weighted by molar-refractivity contribution is 7.80. The van der Waals surface area contributed by atoms with E-state index in [0.717, 1.165) is 18.2 Å². The van der Waals surface area contributed by atoms with E-state index in [1.54, 1.807) is 24.3 Å². The average Bonchev–Trinajstić information content (AvgIpc) is 2.61. The van der Waals surface area contributed by atoms with Crippen LogP contribution >= 0.6 is 12.2 Å². The second kappa shape index (κ2) is 7.98. The maximum absolute atomic E-state index is 12.2. The van der Waals surface area contributed by atoms with Gasteiger partial charge in [0.15, 0.2) is 5.11 Å². The van der Waals surface area contributed by atoms with Crippen molar-refractivity contribution in [3.63, 3.8) is 0 Å². The summed E-state index contributed by atoms with van der Waals surface area (Å²) in [4.78, 5) is 32.4. The Morgan fingerprint density at radius 2 is 1.65 bits per heavy atom. The van der Waals surface area contributed by atoms with Crippen LogP contribution in [-0.2, 0) is 0 Å². The zero-order valence-corrected chi connectivity index (χ0v) is 14.1. The number of rotatable bonds is 5. The SMILES string of the molecule is COc1ccccc1NC(=S)NC(=O)c1cc([N+](=O)[O-])cc([N+](=O)[O-])c1. The fourth-order valence-electron chi connectivity index (χ4n) is 2.01. The molecule has 26 heavy (non-hydrogen) atoms. The molecule has 10 nitrogen and oxygen atoms in total. The molecule has 11 heteroatoms. The number of methoxy groups -OCH3 is 1. The molecule has 0 aliphatic rings. The number of nitro groups is 2. The second-order valence-corrected chi connectivity index (χ2v) is 5.27. The van der Waals surface area contributed by atoms with E-state index in [-0.39, 0.29) is 10.7 Å². The predicted molar refractivity (Wildman–Crippen MR) is 96.4 cm³/mol. The number of carbonyl (C=O) groups excluding carboxylic acids is 1. The van der Waals surface area contributed by atoms with Gasteiger partial charge in [-0.05, 0) is 24.4 Å². The van der Waals surface area contributed by atoms with Crippen LogP contribution < -0.4 is 15.4 Å². The standard InChI is InChI=1S/C15H12N4O6S/c1-25-13-5-3-2-4-12(13)16-15(26)17-14(20)9-6-10(18(21)22)8-11(7-9)19(23)24/h2-8H,1H3,(H2,16,17,20,26). The monoisotopic (exact) mass is 376 g/mol. The van der Waals surface area contributed by atoms with Crippen molar-refractivity contribution in [1.82, 2.24) is 5.32 Å². The smallest absolute Gasteiger partial charge is 0.277 e. The summed E-state index contributed by atoms with van der Waals surface area (Å²) in [5.41, 5.74) is -0.929. The number of thiocarbonyl (C=S) groups is 1. The summed E-state index contributed by atoms with van der Waals surface area (Å²) in [5.74, 6) is -0.348. The van der Waals surface area contributed by atoms with Gasteiger partial charge in [0.25, 0.3) is 17.3 Å². The van der Waals surface area contributed by atoms with Gasteiger partial charge in [0.05, 0.1) is 34.3 Å². The van der Waals surface area contributed by atoms with Gasteiger partial charge in [-0.1, -0.05) is 12.1 Å². The zero-order chi connectivity index (χ0) is 19.3. The molecule has 134 valence electrons. The van der Waals surface area contributed by atoms with E-state index in [0.29, 0.717) is 11.4 Å². The highest BCUT2D eigenvalue weighted by Crippen LogP contribution is 2.24. The van der Waals surface area contributed by atoms with Crippen LogP contribution in [0.5, 0.6) is 5.75 Å². The number of carbonyl (C=O) groups is 1. The summed E-state index contributed by atoms with van der Waals surface area (Å²) in [6, 6.07) is 9.42. The van der Waals surface area contributed by atoms with E-state index >= 15 is 0 Å². The van der Waals surface area contributed by atoms with Crippen LogP contribution in [0.3, 0.4) is 0 Å². The van der Waals surface area contributed by atoms with Crippen molar-refractivity contribution in [3.05, 3.63) is 68.3 Å². The third-order valence-electron chi connectivity index (χ3n) is 3.17. The lowest BCUT2D eigenvalue weighted by atomic mass is 10.1. The number of para-hydroxylation sites is 2. The Balaban J connectivity index is 2.20. The number of benzene rings is 2. The first-order chi connectivity index (χ1) is 12.3. The minimum Gasteiger partial charge on any atom is -0.495 e. The molecule has 0 saturated carbocycles. The summed E-state index contributed by atoms with van der Waals surface area (Å²) in [7, 11) is 1.46. The van der Waals surface area contributed by atoms with Crippen LogP contribution in [-0.4, -0.2) is 28.0 Å². The molecular formula is C15H12N4O6S. The molecular weight excluding hydrogens is 364 g/mol. The largest absolute Gasteiger partial charge is 0.495 e. The highest BCUT2D eigenvalue weighted by Gasteiger charge is 2.20. The van der Waals surface area contributed by atoms with E-state index in [1.165, 1.54) is 7.11 Å². The number of non-ortho nitro benzene ring substituents is 2. The lowest BCUT2D eigenvalue weighted by molar-refractivity contribution is -0.394. The minimum atomic E-state index is -0.829. The molecule has 2 N–H and O–H groups in total. The van der Waals surface area contributed by atoms with Crippen molar-refractivity contribution in [1.29, 1.82) is 0 Å². The first kappa shape index (κ1) is 18.7. The molecule has 0 unspecified atom stereocenters. The minimum absolute atomic E-state index is 0.103. The maximum Gasteiger partial charge on any atom is 0.277 e. The Hall–Kier alpha value is -3.60. The van der Waals surface area contributed by atoms with Gasteiger partial charge in [-0.3, -0.25) is 30.3 Å². The quantitative estimate of drug-likeness (QED) is 0.461. The summed E-state index contributed by atoms with van der Waals surface area (Å²) in [6.07, 6.45) is 0. The maximum atomic E-state index is 12.2. The van der Waals surface area contributed by atoms with Gasteiger partial charge in [-0.15, -0.1) is 0 Å². The summed E-state index contributed by atoms with van der Waals surface area (Å²) >= 11 is 5.02. The molecule has 2 aromatic rings.